The third-order valence-corrected chi connectivity index (χ3v) is 2.22. The minimum atomic E-state index is -4.45. The monoisotopic (exact) mass is 292 g/mol. The van der Waals surface area contributed by atoms with E-state index in [4.69, 9.17) is 22.7 Å². The summed E-state index contributed by atoms with van der Waals surface area (Å²) >= 11 is 4.78. The molecule has 0 unspecified atom stereocenters. The van der Waals surface area contributed by atoms with Gasteiger partial charge in [0, 0.05) is 0 Å². The topological polar surface area (TPSA) is 64.3 Å². The van der Waals surface area contributed by atoms with Gasteiger partial charge in [0.25, 0.3) is 5.91 Å². The van der Waals surface area contributed by atoms with Crippen molar-refractivity contribution in [2.75, 3.05) is 13.2 Å². The van der Waals surface area contributed by atoms with Crippen molar-refractivity contribution in [1.82, 2.24) is 5.32 Å². The SMILES string of the molecule is NC(=S)c1ccccc1OCC(=O)NCC(F)(F)F. The molecule has 0 radical (unpaired) electrons. The molecule has 1 aromatic rings. The zero-order valence-electron chi connectivity index (χ0n) is 9.66. The average molecular weight is 292 g/mol. The molecule has 0 fully saturated rings. The van der Waals surface area contributed by atoms with Crippen molar-refractivity contribution in [2.45, 2.75) is 6.18 Å². The van der Waals surface area contributed by atoms with E-state index in [-0.39, 0.29) is 10.7 Å². The fraction of sp³-hybridized carbons (Fsp3) is 0.273. The van der Waals surface area contributed by atoms with Gasteiger partial charge in [0.1, 0.15) is 17.3 Å². The number of amides is 1. The second-order valence-electron chi connectivity index (χ2n) is 3.54. The highest BCUT2D eigenvalue weighted by Gasteiger charge is 2.27. The third kappa shape index (κ3) is 5.56. The van der Waals surface area contributed by atoms with Crippen LogP contribution in [0.25, 0.3) is 0 Å². The van der Waals surface area contributed by atoms with Gasteiger partial charge in [-0.3, -0.25) is 4.79 Å². The fourth-order valence-electron chi connectivity index (χ4n) is 1.19. The zero-order valence-corrected chi connectivity index (χ0v) is 10.5. The summed E-state index contributed by atoms with van der Waals surface area (Å²) in [7, 11) is 0. The van der Waals surface area contributed by atoms with Gasteiger partial charge in [-0.1, -0.05) is 24.4 Å². The van der Waals surface area contributed by atoms with E-state index >= 15 is 0 Å². The van der Waals surface area contributed by atoms with Crippen LogP contribution in [-0.2, 0) is 4.79 Å². The van der Waals surface area contributed by atoms with E-state index in [9.17, 15) is 18.0 Å². The van der Waals surface area contributed by atoms with Crippen molar-refractivity contribution >= 4 is 23.1 Å². The van der Waals surface area contributed by atoms with Crippen molar-refractivity contribution in [3.63, 3.8) is 0 Å². The highest BCUT2D eigenvalue weighted by Crippen LogP contribution is 2.17. The second kappa shape index (κ2) is 6.37. The van der Waals surface area contributed by atoms with Crippen LogP contribution in [0.2, 0.25) is 0 Å². The number of nitrogens with one attached hydrogen (secondary N) is 1. The van der Waals surface area contributed by atoms with Gasteiger partial charge in [-0.25, -0.2) is 0 Å². The summed E-state index contributed by atoms with van der Waals surface area (Å²) in [6, 6.07) is 6.41. The number of hydrogen-bond donors (Lipinski definition) is 2. The predicted octanol–water partition coefficient (Wildman–Crippen LogP) is 1.38. The molecule has 1 aromatic carbocycles. The lowest BCUT2D eigenvalue weighted by Crippen LogP contribution is -2.36. The number of para-hydroxylation sites is 1. The summed E-state index contributed by atoms with van der Waals surface area (Å²) in [6.45, 7) is -1.94. The van der Waals surface area contributed by atoms with Gasteiger partial charge in [-0.2, -0.15) is 13.2 Å². The maximum Gasteiger partial charge on any atom is 0.405 e. The normalized spacial score (nSPS) is 10.9. The lowest BCUT2D eigenvalue weighted by molar-refractivity contribution is -0.139. The third-order valence-electron chi connectivity index (χ3n) is 2.00. The molecule has 0 aromatic heterocycles. The number of benzene rings is 1. The van der Waals surface area contributed by atoms with E-state index in [1.165, 1.54) is 6.07 Å². The fourth-order valence-corrected chi connectivity index (χ4v) is 1.36. The van der Waals surface area contributed by atoms with Crippen LogP contribution in [0, 0.1) is 0 Å². The summed E-state index contributed by atoms with van der Waals surface area (Å²) < 4.78 is 40.7. The van der Waals surface area contributed by atoms with Crippen LogP contribution in [0.4, 0.5) is 13.2 Å². The molecule has 0 atom stereocenters. The number of carbonyl (C=O) groups is 1. The van der Waals surface area contributed by atoms with E-state index in [0.29, 0.717) is 5.56 Å². The minimum Gasteiger partial charge on any atom is -0.483 e. The van der Waals surface area contributed by atoms with Crippen molar-refractivity contribution in [1.29, 1.82) is 0 Å². The van der Waals surface area contributed by atoms with Crippen LogP contribution >= 0.6 is 12.2 Å². The second-order valence-corrected chi connectivity index (χ2v) is 3.98. The quantitative estimate of drug-likeness (QED) is 0.805. The molecule has 0 saturated carbocycles. The molecule has 1 rings (SSSR count). The summed E-state index contributed by atoms with van der Waals surface area (Å²) in [4.78, 5) is 11.2. The lowest BCUT2D eigenvalue weighted by Gasteiger charge is -2.11. The highest BCUT2D eigenvalue weighted by molar-refractivity contribution is 7.80. The largest absolute Gasteiger partial charge is 0.483 e. The van der Waals surface area contributed by atoms with Gasteiger partial charge in [-0.05, 0) is 12.1 Å². The molecule has 0 spiro atoms. The molecule has 4 nitrogen and oxygen atoms in total. The van der Waals surface area contributed by atoms with Gasteiger partial charge in [0.15, 0.2) is 6.61 Å². The van der Waals surface area contributed by atoms with E-state index in [1.54, 1.807) is 23.5 Å². The summed E-state index contributed by atoms with van der Waals surface area (Å²) in [5.41, 5.74) is 5.86. The van der Waals surface area contributed by atoms with Crippen LogP contribution in [0.5, 0.6) is 5.75 Å². The number of halogens is 3. The number of hydrogen-bond acceptors (Lipinski definition) is 3. The van der Waals surface area contributed by atoms with E-state index in [0.717, 1.165) is 0 Å². The van der Waals surface area contributed by atoms with Crippen molar-refractivity contribution in [2.24, 2.45) is 5.73 Å². The van der Waals surface area contributed by atoms with Crippen molar-refractivity contribution in [3.8, 4) is 5.75 Å². The van der Waals surface area contributed by atoms with E-state index < -0.39 is 25.2 Å². The van der Waals surface area contributed by atoms with Crippen LogP contribution in [-0.4, -0.2) is 30.2 Å². The van der Waals surface area contributed by atoms with Crippen molar-refractivity contribution < 1.29 is 22.7 Å². The Morgan fingerprint density at radius 2 is 2.00 bits per heavy atom. The van der Waals surface area contributed by atoms with E-state index in [2.05, 4.69) is 0 Å². The Morgan fingerprint density at radius 1 is 1.37 bits per heavy atom. The Morgan fingerprint density at radius 3 is 2.58 bits per heavy atom. The highest BCUT2D eigenvalue weighted by atomic mass is 32.1. The van der Waals surface area contributed by atoms with Crippen LogP contribution in [0.1, 0.15) is 5.56 Å². The number of rotatable bonds is 5. The van der Waals surface area contributed by atoms with Gasteiger partial charge in [0.2, 0.25) is 0 Å². The van der Waals surface area contributed by atoms with Gasteiger partial charge >= 0.3 is 6.18 Å². The molecule has 0 aliphatic rings. The van der Waals surface area contributed by atoms with Crippen LogP contribution < -0.4 is 15.8 Å². The summed E-state index contributed by atoms with van der Waals surface area (Å²) in [5.74, 6) is -0.632. The first-order valence-electron chi connectivity index (χ1n) is 5.14. The van der Waals surface area contributed by atoms with Crippen LogP contribution in [0.3, 0.4) is 0 Å². The van der Waals surface area contributed by atoms with Gasteiger partial charge in [0.05, 0.1) is 5.56 Å². The maximum absolute atomic E-state index is 11.9. The van der Waals surface area contributed by atoms with Gasteiger partial charge in [-0.15, -0.1) is 0 Å². The Bertz CT molecular complexity index is 477. The Balaban J connectivity index is 2.53. The van der Waals surface area contributed by atoms with Crippen LogP contribution in [0.15, 0.2) is 24.3 Å². The standard InChI is InChI=1S/C11H11F3N2O2S/c12-11(13,14)6-16-9(17)5-18-8-4-2-1-3-7(8)10(15)19/h1-4H,5-6H2,(H2,15,19)(H,16,17). The maximum atomic E-state index is 11.9. The molecule has 19 heavy (non-hydrogen) atoms. The molecule has 0 saturated heterocycles. The number of carbonyl (C=O) groups excluding carboxylic acids is 1. The first-order valence-corrected chi connectivity index (χ1v) is 5.55. The molecule has 3 N–H and O–H groups in total. The summed E-state index contributed by atoms with van der Waals surface area (Å²) in [5, 5.41) is 1.69. The molecule has 104 valence electrons. The molecule has 0 heterocycles. The molecular formula is C11H11F3N2O2S. The van der Waals surface area contributed by atoms with Gasteiger partial charge < -0.3 is 15.8 Å². The molecule has 0 aliphatic carbocycles. The zero-order chi connectivity index (χ0) is 14.5. The Labute approximate surface area is 112 Å². The lowest BCUT2D eigenvalue weighted by atomic mass is 10.2. The first-order chi connectivity index (χ1) is 8.79. The molecule has 0 aliphatic heterocycles. The number of nitrogens with two attached hydrogens (primary N) is 1. The molecule has 8 heteroatoms. The predicted molar refractivity (Wildman–Crippen MR) is 66.9 cm³/mol. The molecular weight excluding hydrogens is 281 g/mol. The number of alkyl halides is 3. The molecule has 1 amide bonds. The number of ether oxygens (including phenoxy) is 1. The number of thiocarbonyl (C=S) groups is 1. The Hall–Kier alpha value is -1.83. The van der Waals surface area contributed by atoms with E-state index in [1.807, 2.05) is 0 Å². The smallest absolute Gasteiger partial charge is 0.405 e. The molecule has 0 bridgehead atoms. The summed E-state index contributed by atoms with van der Waals surface area (Å²) in [6.07, 6.45) is -4.45. The Kier molecular flexibility index (Phi) is 5.11. The average Bonchev–Trinajstić information content (AvgIpc) is 2.33. The minimum absolute atomic E-state index is 0.0753. The first kappa shape index (κ1) is 15.2. The van der Waals surface area contributed by atoms with Crippen molar-refractivity contribution in [3.05, 3.63) is 29.8 Å².